The second-order valence-corrected chi connectivity index (χ2v) is 8.05. The molecular weight excluding hydrogens is 359 g/mol. The van der Waals surface area contributed by atoms with Gasteiger partial charge in [0.1, 0.15) is 10.2 Å². The van der Waals surface area contributed by atoms with Gasteiger partial charge in [-0.25, -0.2) is 0 Å². The van der Waals surface area contributed by atoms with Gasteiger partial charge in [0.2, 0.25) is 5.91 Å². The Hall–Kier alpha value is -1.78. The molecule has 2 unspecified atom stereocenters. The third-order valence-corrected chi connectivity index (χ3v) is 5.09. The van der Waals surface area contributed by atoms with Crippen LogP contribution in [-0.4, -0.2) is 11.1 Å². The van der Waals surface area contributed by atoms with E-state index in [9.17, 15) is 4.79 Å². The van der Waals surface area contributed by atoms with Crippen molar-refractivity contribution in [2.45, 2.75) is 27.3 Å². The van der Waals surface area contributed by atoms with Gasteiger partial charge in [0.15, 0.2) is 5.76 Å². The lowest BCUT2D eigenvalue weighted by Gasteiger charge is -2.03. The smallest absolute Gasteiger partial charge is 0.224 e. The predicted octanol–water partition coefficient (Wildman–Crippen LogP) is 4.86. The Morgan fingerprint density at radius 1 is 1.32 bits per heavy atom. The Bertz CT molecular complexity index is 805. The maximum absolute atomic E-state index is 12.4. The molecule has 1 aromatic carbocycles. The maximum Gasteiger partial charge on any atom is 0.224 e. The van der Waals surface area contributed by atoms with Crippen LogP contribution in [0, 0.1) is 24.2 Å². The molecule has 0 saturated heterocycles. The Morgan fingerprint density at radius 3 is 2.64 bits per heavy atom. The van der Waals surface area contributed by atoms with Crippen LogP contribution in [0.4, 0.5) is 0 Å². The van der Waals surface area contributed by atoms with Crippen LogP contribution in [0.25, 0.3) is 11.3 Å². The van der Waals surface area contributed by atoms with Crippen LogP contribution in [0.1, 0.15) is 25.2 Å². The number of carbonyl (C=O) groups excluding carboxylic acids is 1. The highest BCUT2D eigenvalue weighted by molar-refractivity contribution is 6.55. The van der Waals surface area contributed by atoms with Crippen LogP contribution in [0.15, 0.2) is 45.4 Å². The minimum absolute atomic E-state index is 0.0332. The highest BCUT2D eigenvalue weighted by Crippen LogP contribution is 2.59. The third kappa shape index (κ3) is 3.91. The lowest BCUT2D eigenvalue weighted by molar-refractivity contribution is -0.123. The van der Waals surface area contributed by atoms with Crippen LogP contribution in [0.5, 0.6) is 0 Å². The molecule has 1 heterocycles. The molecule has 0 aliphatic heterocycles. The van der Waals surface area contributed by atoms with Crippen molar-refractivity contribution in [1.29, 1.82) is 0 Å². The zero-order valence-corrected chi connectivity index (χ0v) is 15.9. The van der Waals surface area contributed by atoms with Crippen molar-refractivity contribution in [3.05, 3.63) is 52.2 Å². The summed E-state index contributed by atoms with van der Waals surface area (Å²) in [5, 5.41) is 6.97. The summed E-state index contributed by atoms with van der Waals surface area (Å²) in [4.78, 5) is 12.4. The van der Waals surface area contributed by atoms with Gasteiger partial charge in [-0.05, 0) is 24.3 Å². The first-order chi connectivity index (χ1) is 11.8. The van der Waals surface area contributed by atoms with Crippen molar-refractivity contribution in [3.63, 3.8) is 0 Å². The fourth-order valence-electron chi connectivity index (χ4n) is 3.17. The molecule has 1 fully saturated rings. The largest absolute Gasteiger partial charge is 0.359 e. The molecule has 1 saturated carbocycles. The lowest BCUT2D eigenvalue weighted by atomic mass is 10.1. The van der Waals surface area contributed by atoms with Gasteiger partial charge in [-0.3, -0.25) is 4.79 Å². The SMILES string of the molecule is Cc1ccc(-c2cc(CNC(=O)C3C(C=C(Cl)Cl)C3(C)C)on2)cc1. The van der Waals surface area contributed by atoms with E-state index in [-0.39, 0.29) is 27.6 Å². The van der Waals surface area contributed by atoms with Crippen molar-refractivity contribution in [2.75, 3.05) is 0 Å². The van der Waals surface area contributed by atoms with Gasteiger partial charge in [0.05, 0.1) is 12.5 Å². The maximum atomic E-state index is 12.4. The first kappa shape index (κ1) is 18.0. The van der Waals surface area contributed by atoms with E-state index < -0.39 is 0 Å². The average molecular weight is 379 g/mol. The predicted molar refractivity (Wildman–Crippen MR) is 99.1 cm³/mol. The molecular formula is C19H20Cl2N2O2. The topological polar surface area (TPSA) is 55.1 Å². The molecule has 1 N–H and O–H groups in total. The molecule has 2 atom stereocenters. The van der Waals surface area contributed by atoms with Crippen LogP contribution in [0.3, 0.4) is 0 Å². The molecule has 6 heteroatoms. The van der Waals surface area contributed by atoms with E-state index in [1.165, 1.54) is 5.56 Å². The number of nitrogens with one attached hydrogen (secondary N) is 1. The highest BCUT2D eigenvalue weighted by atomic mass is 35.5. The van der Waals surface area contributed by atoms with E-state index in [2.05, 4.69) is 10.5 Å². The monoisotopic (exact) mass is 378 g/mol. The van der Waals surface area contributed by atoms with Crippen molar-refractivity contribution in [3.8, 4) is 11.3 Å². The fourth-order valence-corrected chi connectivity index (χ4v) is 3.44. The Labute approximate surface area is 157 Å². The van der Waals surface area contributed by atoms with Crippen LogP contribution >= 0.6 is 23.2 Å². The number of aryl methyl sites for hydroxylation is 1. The number of allylic oxidation sites excluding steroid dienone is 1. The molecule has 0 bridgehead atoms. The third-order valence-electron chi connectivity index (χ3n) is 4.84. The summed E-state index contributed by atoms with van der Waals surface area (Å²) in [7, 11) is 0. The summed E-state index contributed by atoms with van der Waals surface area (Å²) in [6.07, 6.45) is 1.73. The van der Waals surface area contributed by atoms with Crippen LogP contribution < -0.4 is 5.32 Å². The first-order valence-corrected chi connectivity index (χ1v) is 8.88. The van der Waals surface area contributed by atoms with Gasteiger partial charge in [-0.15, -0.1) is 0 Å². The molecule has 25 heavy (non-hydrogen) atoms. The highest BCUT2D eigenvalue weighted by Gasteiger charge is 2.60. The van der Waals surface area contributed by atoms with Gasteiger partial charge in [-0.1, -0.05) is 72.0 Å². The summed E-state index contributed by atoms with van der Waals surface area (Å²) in [6, 6.07) is 9.88. The summed E-state index contributed by atoms with van der Waals surface area (Å²) >= 11 is 11.5. The first-order valence-electron chi connectivity index (χ1n) is 8.12. The quantitative estimate of drug-likeness (QED) is 0.808. The van der Waals surface area contributed by atoms with Gasteiger partial charge in [0.25, 0.3) is 0 Å². The van der Waals surface area contributed by atoms with Crippen LogP contribution in [0.2, 0.25) is 0 Å². The summed E-state index contributed by atoms with van der Waals surface area (Å²) in [5.41, 5.74) is 2.78. The number of nitrogens with zero attached hydrogens (tertiary/aromatic N) is 1. The summed E-state index contributed by atoms with van der Waals surface area (Å²) in [5.74, 6) is 0.494. The normalized spacial score (nSPS) is 20.8. The second-order valence-electron chi connectivity index (χ2n) is 7.04. The average Bonchev–Trinajstić information content (AvgIpc) is 2.89. The van der Waals surface area contributed by atoms with Crippen molar-refractivity contribution in [1.82, 2.24) is 10.5 Å². The van der Waals surface area contributed by atoms with E-state index in [0.29, 0.717) is 12.3 Å². The number of benzene rings is 1. The van der Waals surface area contributed by atoms with Gasteiger partial charge < -0.3 is 9.84 Å². The van der Waals surface area contributed by atoms with E-state index in [0.717, 1.165) is 11.3 Å². The molecule has 2 aromatic rings. The molecule has 3 rings (SSSR count). The zero-order chi connectivity index (χ0) is 18.2. The van der Waals surface area contributed by atoms with E-state index in [1.54, 1.807) is 6.08 Å². The molecule has 0 spiro atoms. The molecule has 1 aromatic heterocycles. The summed E-state index contributed by atoms with van der Waals surface area (Å²) < 4.78 is 5.52. The number of halogens is 2. The molecule has 1 aliphatic rings. The molecule has 4 nitrogen and oxygen atoms in total. The van der Waals surface area contributed by atoms with Gasteiger partial charge >= 0.3 is 0 Å². The van der Waals surface area contributed by atoms with Gasteiger partial charge in [-0.2, -0.15) is 0 Å². The zero-order valence-electron chi connectivity index (χ0n) is 14.3. The number of aromatic nitrogens is 1. The summed E-state index contributed by atoms with van der Waals surface area (Å²) in [6.45, 7) is 6.39. The van der Waals surface area contributed by atoms with E-state index >= 15 is 0 Å². The number of hydrogen-bond donors (Lipinski definition) is 1. The second kappa shape index (κ2) is 6.85. The van der Waals surface area contributed by atoms with Gasteiger partial charge in [0, 0.05) is 11.6 Å². The standard InChI is InChI=1S/C19H20Cl2N2O2/c1-11-4-6-12(7-5-11)15-8-13(25-23-15)10-22-18(24)17-14(9-16(20)21)19(17,2)3/h4-9,14,17H,10H2,1-3H3,(H,22,24). The molecule has 1 aliphatic carbocycles. The van der Waals surface area contributed by atoms with Crippen molar-refractivity contribution >= 4 is 29.1 Å². The number of carbonyl (C=O) groups is 1. The van der Waals surface area contributed by atoms with Crippen LogP contribution in [-0.2, 0) is 11.3 Å². The van der Waals surface area contributed by atoms with Crippen molar-refractivity contribution in [2.24, 2.45) is 17.3 Å². The fraction of sp³-hybridized carbons (Fsp3) is 0.368. The molecule has 0 radical (unpaired) electrons. The molecule has 132 valence electrons. The lowest BCUT2D eigenvalue weighted by Crippen LogP contribution is -2.26. The Balaban J connectivity index is 1.60. The Kier molecular flexibility index (Phi) is 4.94. The van der Waals surface area contributed by atoms with Crippen molar-refractivity contribution < 1.29 is 9.32 Å². The minimum atomic E-state index is -0.145. The number of amides is 1. The molecule has 1 amide bonds. The minimum Gasteiger partial charge on any atom is -0.359 e. The van der Waals surface area contributed by atoms with E-state index in [4.69, 9.17) is 27.7 Å². The van der Waals surface area contributed by atoms with E-state index in [1.807, 2.05) is 51.1 Å². The number of hydrogen-bond acceptors (Lipinski definition) is 3. The Morgan fingerprint density at radius 2 is 2.00 bits per heavy atom. The number of rotatable bonds is 5.